The number of nitrogens with zero attached hydrogens (tertiary/aromatic N) is 2. The molecule has 0 saturated heterocycles. The summed E-state index contributed by atoms with van der Waals surface area (Å²) in [6, 6.07) is 26.1. The van der Waals surface area contributed by atoms with E-state index in [2.05, 4.69) is 68.1 Å². The lowest BCUT2D eigenvalue weighted by Crippen LogP contribution is -2.47. The van der Waals surface area contributed by atoms with E-state index in [1.165, 1.54) is 0 Å². The number of benzene rings is 4. The smallest absolute Gasteiger partial charge is 0.260 e. The van der Waals surface area contributed by atoms with Crippen LogP contribution in [-0.4, -0.2) is 33.2 Å². The zero-order valence-corrected chi connectivity index (χ0v) is 22.9. The first kappa shape index (κ1) is 24.9. The minimum Gasteiger partial charge on any atom is -0.493 e. The van der Waals surface area contributed by atoms with Gasteiger partial charge in [-0.15, -0.1) is 0 Å². The van der Waals surface area contributed by atoms with E-state index in [9.17, 15) is 4.79 Å². The fraction of sp³-hybridized carbons (Fsp3) is 0.242. The molecule has 2 aliphatic heterocycles. The molecule has 6 nitrogen and oxygen atoms in total. The van der Waals surface area contributed by atoms with Crippen molar-refractivity contribution in [2.75, 3.05) is 37.1 Å². The highest BCUT2D eigenvalue weighted by Crippen LogP contribution is 2.59. The number of methoxy groups -OCH3 is 2. The zero-order chi connectivity index (χ0) is 27.3. The van der Waals surface area contributed by atoms with Gasteiger partial charge in [-0.05, 0) is 56.7 Å². The number of hydrogen-bond acceptors (Lipinski definition) is 5. The molecule has 2 heterocycles. The van der Waals surface area contributed by atoms with E-state index in [0.717, 1.165) is 52.5 Å². The SMILES string of the molecule is CCN(CC)c1ccc2c(c1)Oc1cc(C)ccc1C21c2ccccc2C(=O)N1c1ccc(OC)c(OC)c1. The van der Waals surface area contributed by atoms with Crippen LogP contribution in [0.2, 0.25) is 0 Å². The molecule has 6 heteroatoms. The van der Waals surface area contributed by atoms with E-state index in [1.807, 2.05) is 41.3 Å². The molecule has 0 N–H and O–H groups in total. The van der Waals surface area contributed by atoms with Gasteiger partial charge < -0.3 is 19.1 Å². The second-order valence-corrected chi connectivity index (χ2v) is 9.89. The summed E-state index contributed by atoms with van der Waals surface area (Å²) in [6.45, 7) is 8.12. The van der Waals surface area contributed by atoms with Crippen LogP contribution < -0.4 is 24.0 Å². The molecule has 39 heavy (non-hydrogen) atoms. The van der Waals surface area contributed by atoms with E-state index in [1.54, 1.807) is 14.2 Å². The Morgan fingerprint density at radius 1 is 0.795 bits per heavy atom. The maximum atomic E-state index is 14.4. The summed E-state index contributed by atoms with van der Waals surface area (Å²) in [6.07, 6.45) is 0. The fourth-order valence-electron chi connectivity index (χ4n) is 6.14. The Bertz CT molecular complexity index is 1590. The molecule has 1 amide bonds. The lowest BCUT2D eigenvalue weighted by molar-refractivity contribution is 0.0985. The molecule has 0 aliphatic carbocycles. The first-order valence-electron chi connectivity index (χ1n) is 13.3. The van der Waals surface area contributed by atoms with E-state index < -0.39 is 5.54 Å². The highest BCUT2D eigenvalue weighted by molar-refractivity contribution is 6.14. The summed E-state index contributed by atoms with van der Waals surface area (Å²) in [4.78, 5) is 18.6. The largest absolute Gasteiger partial charge is 0.493 e. The molecule has 0 radical (unpaired) electrons. The maximum absolute atomic E-state index is 14.4. The molecular formula is C33H32N2O4. The van der Waals surface area contributed by atoms with Gasteiger partial charge in [0, 0.05) is 58.9 Å². The number of rotatable bonds is 6. The van der Waals surface area contributed by atoms with Crippen molar-refractivity contribution in [2.45, 2.75) is 26.3 Å². The lowest BCUT2D eigenvalue weighted by atomic mass is 9.74. The van der Waals surface area contributed by atoms with Gasteiger partial charge in [0.2, 0.25) is 0 Å². The summed E-state index contributed by atoms with van der Waals surface area (Å²) >= 11 is 0. The van der Waals surface area contributed by atoms with Crippen molar-refractivity contribution in [1.29, 1.82) is 0 Å². The third-order valence-electron chi connectivity index (χ3n) is 7.94. The second kappa shape index (κ2) is 9.38. The number of carbonyl (C=O) groups excluding carboxylic acids is 1. The number of hydrogen-bond donors (Lipinski definition) is 0. The van der Waals surface area contributed by atoms with Gasteiger partial charge in [-0.2, -0.15) is 0 Å². The molecule has 0 saturated carbocycles. The molecule has 198 valence electrons. The van der Waals surface area contributed by atoms with Crippen LogP contribution in [0.3, 0.4) is 0 Å². The molecule has 4 aromatic rings. The molecule has 0 bridgehead atoms. The lowest BCUT2D eigenvalue weighted by Gasteiger charge is -2.44. The topological polar surface area (TPSA) is 51.2 Å². The molecule has 1 unspecified atom stereocenters. The van der Waals surface area contributed by atoms with Crippen LogP contribution in [0.15, 0.2) is 78.9 Å². The first-order valence-corrected chi connectivity index (χ1v) is 13.3. The van der Waals surface area contributed by atoms with Crippen LogP contribution >= 0.6 is 0 Å². The van der Waals surface area contributed by atoms with Crippen molar-refractivity contribution in [3.8, 4) is 23.0 Å². The summed E-state index contributed by atoms with van der Waals surface area (Å²) < 4.78 is 17.8. The number of carbonyl (C=O) groups is 1. The van der Waals surface area contributed by atoms with E-state index >= 15 is 0 Å². The van der Waals surface area contributed by atoms with Crippen molar-refractivity contribution in [1.82, 2.24) is 0 Å². The molecule has 2 aliphatic rings. The molecule has 6 rings (SSSR count). The third-order valence-corrected chi connectivity index (χ3v) is 7.94. The zero-order valence-electron chi connectivity index (χ0n) is 22.9. The molecule has 1 atom stereocenters. The maximum Gasteiger partial charge on any atom is 0.260 e. The highest BCUT2D eigenvalue weighted by Gasteiger charge is 2.57. The Kier molecular flexibility index (Phi) is 5.98. The van der Waals surface area contributed by atoms with Gasteiger partial charge in [-0.3, -0.25) is 9.69 Å². The van der Waals surface area contributed by atoms with Gasteiger partial charge in [0.25, 0.3) is 5.91 Å². The van der Waals surface area contributed by atoms with Gasteiger partial charge in [0.05, 0.1) is 14.2 Å². The van der Waals surface area contributed by atoms with Crippen LogP contribution in [0, 0.1) is 6.92 Å². The summed E-state index contributed by atoms with van der Waals surface area (Å²) in [5.41, 5.74) is 5.37. The van der Waals surface area contributed by atoms with Crippen molar-refractivity contribution >= 4 is 17.3 Å². The van der Waals surface area contributed by atoms with Crippen LogP contribution in [-0.2, 0) is 5.54 Å². The average Bonchev–Trinajstić information content (AvgIpc) is 3.22. The van der Waals surface area contributed by atoms with Crippen molar-refractivity contribution in [2.24, 2.45) is 0 Å². The average molecular weight is 521 g/mol. The van der Waals surface area contributed by atoms with Crippen molar-refractivity contribution in [3.05, 3.63) is 107 Å². The number of aryl methyl sites for hydroxylation is 1. The Balaban J connectivity index is 1.71. The Labute approximate surface area is 229 Å². The summed E-state index contributed by atoms with van der Waals surface area (Å²) in [5, 5.41) is 0. The number of ether oxygens (including phenoxy) is 3. The molecule has 4 aromatic carbocycles. The van der Waals surface area contributed by atoms with Crippen molar-refractivity contribution in [3.63, 3.8) is 0 Å². The van der Waals surface area contributed by atoms with Gasteiger partial charge in [-0.1, -0.05) is 36.4 Å². The second-order valence-electron chi connectivity index (χ2n) is 9.89. The molecular weight excluding hydrogens is 488 g/mol. The van der Waals surface area contributed by atoms with Gasteiger partial charge >= 0.3 is 0 Å². The Morgan fingerprint density at radius 2 is 1.49 bits per heavy atom. The monoisotopic (exact) mass is 520 g/mol. The predicted octanol–water partition coefficient (Wildman–Crippen LogP) is 6.92. The fourth-order valence-corrected chi connectivity index (χ4v) is 6.14. The van der Waals surface area contributed by atoms with Gasteiger partial charge in [0.1, 0.15) is 17.0 Å². The number of anilines is 2. The minimum atomic E-state index is -0.939. The van der Waals surface area contributed by atoms with Crippen molar-refractivity contribution < 1.29 is 19.0 Å². The van der Waals surface area contributed by atoms with Crippen LogP contribution in [0.4, 0.5) is 11.4 Å². The van der Waals surface area contributed by atoms with Crippen LogP contribution in [0.5, 0.6) is 23.0 Å². The predicted molar refractivity (Wildman–Crippen MR) is 154 cm³/mol. The number of amides is 1. The van der Waals surface area contributed by atoms with E-state index in [0.29, 0.717) is 22.7 Å². The standard InChI is InChI=1S/C33H32N2O4/c1-6-34(7-2)22-13-16-27-30(19-22)39-29-18-21(3)12-15-26(29)33(27)25-11-9-8-10-24(25)32(36)35(33)23-14-17-28(37-4)31(20-23)38-5/h8-20H,6-7H2,1-5H3. The summed E-state index contributed by atoms with van der Waals surface area (Å²) in [5.74, 6) is 2.57. The van der Waals surface area contributed by atoms with E-state index in [4.69, 9.17) is 14.2 Å². The quantitative estimate of drug-likeness (QED) is 0.276. The minimum absolute atomic E-state index is 0.0787. The Hall–Kier alpha value is -4.45. The molecule has 0 aromatic heterocycles. The van der Waals surface area contributed by atoms with E-state index in [-0.39, 0.29) is 5.91 Å². The van der Waals surface area contributed by atoms with Gasteiger partial charge in [0.15, 0.2) is 11.5 Å². The molecule has 0 fully saturated rings. The normalized spacial score (nSPS) is 16.8. The number of fused-ring (bicyclic) bond motifs is 6. The van der Waals surface area contributed by atoms with Crippen LogP contribution in [0.25, 0.3) is 0 Å². The Morgan fingerprint density at radius 3 is 2.21 bits per heavy atom. The van der Waals surface area contributed by atoms with Crippen LogP contribution in [0.1, 0.15) is 46.5 Å². The van der Waals surface area contributed by atoms with Gasteiger partial charge in [-0.25, -0.2) is 0 Å². The molecule has 1 spiro atoms. The highest BCUT2D eigenvalue weighted by atomic mass is 16.5. The third kappa shape index (κ3) is 3.51. The first-order chi connectivity index (χ1) is 19.0. The summed E-state index contributed by atoms with van der Waals surface area (Å²) in [7, 11) is 3.21.